The smallest absolute Gasteiger partial charge is 0.252 e. The van der Waals surface area contributed by atoms with Crippen LogP contribution in [0.2, 0.25) is 0 Å². The molecule has 5 nitrogen and oxygen atoms in total. The van der Waals surface area contributed by atoms with Gasteiger partial charge in [-0.25, -0.2) is 15.0 Å². The number of hydrogen-bond donors (Lipinski definition) is 0. The van der Waals surface area contributed by atoms with E-state index in [-0.39, 0.29) is 6.71 Å². The van der Waals surface area contributed by atoms with Crippen LogP contribution in [0.4, 0.5) is 34.1 Å². The Labute approximate surface area is 367 Å². The lowest BCUT2D eigenvalue weighted by atomic mass is 9.33. The van der Waals surface area contributed by atoms with Crippen molar-refractivity contribution in [2.24, 2.45) is 0 Å². The molecule has 0 atom stereocenters. The second kappa shape index (κ2) is 15.3. The van der Waals surface area contributed by atoms with E-state index in [1.807, 2.05) is 36.4 Å². The van der Waals surface area contributed by atoms with Gasteiger partial charge in [-0.3, -0.25) is 0 Å². The van der Waals surface area contributed by atoms with E-state index in [2.05, 4.69) is 204 Å². The Kier molecular flexibility index (Phi) is 8.86. The molecule has 0 saturated heterocycles. The molecule has 6 heteroatoms. The summed E-state index contributed by atoms with van der Waals surface area (Å²) in [5.74, 6) is 1.85. The third kappa shape index (κ3) is 6.39. The fourth-order valence-electron chi connectivity index (χ4n) is 9.39. The lowest BCUT2D eigenvalue weighted by Gasteiger charge is -2.44. The SMILES string of the molecule is c1ccc(-c2ccc3c(c2)N(c2ccccc2)c2cc(-c4nc(-c5ccccc5)nc(-c5ccccc5)n4)cc4c2B3c2ccc(-c3ccccc3)cc2N4c2ccccc2)cc1. The van der Waals surface area contributed by atoms with Gasteiger partial charge in [-0.1, -0.05) is 182 Å². The lowest BCUT2D eigenvalue weighted by molar-refractivity contribution is 1.07. The van der Waals surface area contributed by atoms with Gasteiger partial charge < -0.3 is 9.80 Å². The lowest BCUT2D eigenvalue weighted by Crippen LogP contribution is -2.61. The van der Waals surface area contributed by atoms with Crippen LogP contribution in [-0.4, -0.2) is 21.7 Å². The van der Waals surface area contributed by atoms with Crippen molar-refractivity contribution in [2.75, 3.05) is 9.80 Å². The Hall–Kier alpha value is -8.35. The predicted octanol–water partition coefficient (Wildman–Crippen LogP) is 12.3. The Morgan fingerprint density at radius 1 is 0.270 bits per heavy atom. The summed E-state index contributed by atoms with van der Waals surface area (Å²) >= 11 is 0. The van der Waals surface area contributed by atoms with Crippen molar-refractivity contribution in [3.05, 3.63) is 231 Å². The average molecular weight is 804 g/mol. The molecule has 0 amide bonds. The van der Waals surface area contributed by atoms with Gasteiger partial charge in [0, 0.05) is 50.8 Å². The van der Waals surface area contributed by atoms with Gasteiger partial charge in [-0.15, -0.1) is 0 Å². The van der Waals surface area contributed by atoms with Crippen molar-refractivity contribution in [1.29, 1.82) is 0 Å². The summed E-state index contributed by atoms with van der Waals surface area (Å²) < 4.78 is 0. The van der Waals surface area contributed by atoms with E-state index in [1.165, 1.54) is 27.5 Å². The molecule has 294 valence electrons. The molecule has 2 aliphatic rings. The topological polar surface area (TPSA) is 45.2 Å². The first-order valence-corrected chi connectivity index (χ1v) is 21.4. The zero-order valence-corrected chi connectivity index (χ0v) is 34.3. The molecule has 63 heavy (non-hydrogen) atoms. The van der Waals surface area contributed by atoms with Gasteiger partial charge in [-0.05, 0) is 87.2 Å². The molecule has 0 spiro atoms. The Morgan fingerprint density at radius 2 is 0.587 bits per heavy atom. The molecule has 12 rings (SSSR count). The molecule has 0 aliphatic carbocycles. The molecule has 0 unspecified atom stereocenters. The molecule has 0 radical (unpaired) electrons. The number of anilines is 6. The third-order valence-corrected chi connectivity index (χ3v) is 12.3. The summed E-state index contributed by atoms with van der Waals surface area (Å²) in [7, 11) is 0. The summed E-state index contributed by atoms with van der Waals surface area (Å²) in [6, 6.07) is 81.9. The highest BCUT2D eigenvalue weighted by Crippen LogP contribution is 2.47. The van der Waals surface area contributed by atoms with E-state index < -0.39 is 0 Å². The van der Waals surface area contributed by atoms with E-state index in [0.717, 1.165) is 61.9 Å². The highest BCUT2D eigenvalue weighted by molar-refractivity contribution is 7.00. The fraction of sp³-hybridized carbons (Fsp3) is 0. The van der Waals surface area contributed by atoms with Crippen LogP contribution in [0.1, 0.15) is 0 Å². The monoisotopic (exact) mass is 803 g/mol. The van der Waals surface area contributed by atoms with Gasteiger partial charge in [0.25, 0.3) is 6.71 Å². The number of hydrogen-bond acceptors (Lipinski definition) is 5. The van der Waals surface area contributed by atoms with Crippen LogP contribution in [0, 0.1) is 0 Å². The molecule has 10 aromatic rings. The van der Waals surface area contributed by atoms with Crippen molar-refractivity contribution in [3.8, 4) is 56.4 Å². The van der Waals surface area contributed by atoms with E-state index in [0.29, 0.717) is 17.5 Å². The summed E-state index contributed by atoms with van der Waals surface area (Å²) in [5.41, 5.74) is 17.7. The van der Waals surface area contributed by atoms with Gasteiger partial charge in [-0.2, -0.15) is 0 Å². The minimum atomic E-state index is -0.0678. The summed E-state index contributed by atoms with van der Waals surface area (Å²) in [6.07, 6.45) is 0. The van der Waals surface area contributed by atoms with Gasteiger partial charge in [0.1, 0.15) is 0 Å². The molecule has 1 aromatic heterocycles. The summed E-state index contributed by atoms with van der Waals surface area (Å²) in [6.45, 7) is -0.0678. The second-order valence-corrected chi connectivity index (χ2v) is 16.0. The van der Waals surface area contributed by atoms with E-state index in [9.17, 15) is 0 Å². The minimum absolute atomic E-state index is 0.0678. The number of rotatable bonds is 7. The van der Waals surface area contributed by atoms with E-state index in [4.69, 9.17) is 15.0 Å². The molecule has 0 saturated carbocycles. The number of benzene rings is 9. The number of aromatic nitrogens is 3. The fourth-order valence-corrected chi connectivity index (χ4v) is 9.39. The highest BCUT2D eigenvalue weighted by Gasteiger charge is 2.44. The van der Waals surface area contributed by atoms with Crippen molar-refractivity contribution in [2.45, 2.75) is 0 Å². The van der Waals surface area contributed by atoms with E-state index >= 15 is 0 Å². The van der Waals surface area contributed by atoms with E-state index in [1.54, 1.807) is 0 Å². The van der Waals surface area contributed by atoms with Gasteiger partial charge in [0.15, 0.2) is 17.5 Å². The third-order valence-electron chi connectivity index (χ3n) is 12.3. The molecule has 3 heterocycles. The Balaban J connectivity index is 1.19. The largest absolute Gasteiger partial charge is 0.311 e. The summed E-state index contributed by atoms with van der Waals surface area (Å²) in [4.78, 5) is 20.6. The van der Waals surface area contributed by atoms with Crippen LogP contribution in [0.25, 0.3) is 56.4 Å². The van der Waals surface area contributed by atoms with Crippen molar-refractivity contribution >= 4 is 57.2 Å². The van der Waals surface area contributed by atoms with Crippen molar-refractivity contribution in [1.82, 2.24) is 15.0 Å². The van der Waals surface area contributed by atoms with Crippen LogP contribution in [-0.2, 0) is 0 Å². The molecular formula is C57H38BN5. The molecule has 0 fully saturated rings. The maximum Gasteiger partial charge on any atom is 0.252 e. The number of fused-ring (bicyclic) bond motifs is 4. The maximum absolute atomic E-state index is 5.29. The average Bonchev–Trinajstić information content (AvgIpc) is 3.37. The van der Waals surface area contributed by atoms with Crippen molar-refractivity contribution in [3.63, 3.8) is 0 Å². The van der Waals surface area contributed by atoms with Crippen LogP contribution in [0.5, 0.6) is 0 Å². The highest BCUT2D eigenvalue weighted by atomic mass is 15.2. The van der Waals surface area contributed by atoms with Crippen LogP contribution in [0.3, 0.4) is 0 Å². The van der Waals surface area contributed by atoms with Gasteiger partial charge in [0.05, 0.1) is 0 Å². The first-order chi connectivity index (χ1) is 31.2. The van der Waals surface area contributed by atoms with Gasteiger partial charge in [0.2, 0.25) is 0 Å². The molecule has 0 N–H and O–H groups in total. The quantitative estimate of drug-likeness (QED) is 0.150. The number of nitrogens with zero attached hydrogens (tertiary/aromatic N) is 5. The van der Waals surface area contributed by atoms with Crippen LogP contribution < -0.4 is 26.2 Å². The normalized spacial score (nSPS) is 12.3. The summed E-state index contributed by atoms with van der Waals surface area (Å²) in [5, 5.41) is 0. The molecule has 0 bridgehead atoms. The number of para-hydroxylation sites is 2. The first kappa shape index (κ1) is 36.5. The first-order valence-electron chi connectivity index (χ1n) is 21.4. The zero-order valence-electron chi connectivity index (χ0n) is 34.3. The second-order valence-electron chi connectivity index (χ2n) is 16.0. The Bertz CT molecular complexity index is 3060. The zero-order chi connectivity index (χ0) is 41.7. The molecule has 9 aromatic carbocycles. The van der Waals surface area contributed by atoms with Gasteiger partial charge >= 0.3 is 0 Å². The minimum Gasteiger partial charge on any atom is -0.311 e. The maximum atomic E-state index is 5.29. The molecule has 2 aliphatic heterocycles. The molecular weight excluding hydrogens is 765 g/mol. The predicted molar refractivity (Wildman–Crippen MR) is 261 cm³/mol. The standard InChI is InChI=1S/C57H38BN5/c1-7-19-39(20-8-1)43-31-33-48-50(35-43)62(46-27-15-5-16-28-46)52-37-45(57-60-55(41-23-11-3-12-24-41)59-56(61-57)42-25-13-4-14-26-42)38-53-54(52)58(48)49-34-32-44(40-21-9-2-10-22-40)36-51(49)63(53)47-29-17-6-18-30-47/h1-38H. The Morgan fingerprint density at radius 3 is 0.968 bits per heavy atom. The van der Waals surface area contributed by atoms with Crippen LogP contribution >= 0.6 is 0 Å². The van der Waals surface area contributed by atoms with Crippen LogP contribution in [0.15, 0.2) is 231 Å². The van der Waals surface area contributed by atoms with Crippen molar-refractivity contribution < 1.29 is 0 Å².